The number of rotatable bonds is 6. The molecule has 1 N–H and O–H groups in total. The largest absolute Gasteiger partial charge is 0.352 e. The van der Waals surface area contributed by atoms with Gasteiger partial charge in [-0.3, -0.25) is 4.99 Å². The predicted octanol–water partition coefficient (Wildman–Crippen LogP) is 2.90. The van der Waals surface area contributed by atoms with Gasteiger partial charge in [-0.1, -0.05) is 24.3 Å². The highest BCUT2D eigenvalue weighted by Gasteiger charge is 2.08. The summed E-state index contributed by atoms with van der Waals surface area (Å²) in [6.45, 7) is 4.32. The first-order chi connectivity index (χ1) is 12.6. The van der Waals surface area contributed by atoms with Crippen molar-refractivity contribution in [3.05, 3.63) is 70.2 Å². The fraction of sp³-hybridized carbons (Fsp3) is 0.316. The molecule has 0 aliphatic rings. The lowest BCUT2D eigenvalue weighted by Gasteiger charge is -2.21. The van der Waals surface area contributed by atoms with Crippen molar-refractivity contribution in [3.63, 3.8) is 0 Å². The summed E-state index contributed by atoms with van der Waals surface area (Å²) in [5, 5.41) is 6.62. The van der Waals surface area contributed by atoms with Crippen molar-refractivity contribution in [2.75, 3.05) is 14.1 Å². The SMILES string of the molecule is CN=C(NCc1cccc(Cn2ccnc2)c1)N(C)Cc1csc(C)n1. The van der Waals surface area contributed by atoms with Crippen molar-refractivity contribution in [2.24, 2.45) is 4.99 Å². The van der Waals surface area contributed by atoms with Crippen molar-refractivity contribution in [3.8, 4) is 0 Å². The minimum Gasteiger partial charge on any atom is -0.352 e. The van der Waals surface area contributed by atoms with E-state index in [1.54, 1.807) is 24.6 Å². The third kappa shape index (κ3) is 4.92. The van der Waals surface area contributed by atoms with Crippen LogP contribution in [0.25, 0.3) is 0 Å². The normalized spacial score (nSPS) is 11.6. The van der Waals surface area contributed by atoms with Gasteiger partial charge in [0.05, 0.1) is 23.6 Å². The zero-order valence-electron chi connectivity index (χ0n) is 15.4. The Labute approximate surface area is 158 Å². The zero-order valence-corrected chi connectivity index (χ0v) is 16.2. The molecule has 0 amide bonds. The molecule has 1 aromatic carbocycles. The number of aryl methyl sites for hydroxylation is 1. The quantitative estimate of drug-likeness (QED) is 0.537. The zero-order chi connectivity index (χ0) is 18.4. The van der Waals surface area contributed by atoms with Crippen LogP contribution >= 0.6 is 11.3 Å². The topological polar surface area (TPSA) is 58.3 Å². The number of thiazole rings is 1. The van der Waals surface area contributed by atoms with Gasteiger partial charge >= 0.3 is 0 Å². The third-order valence-electron chi connectivity index (χ3n) is 4.01. The lowest BCUT2D eigenvalue weighted by molar-refractivity contribution is 0.470. The molecule has 0 radical (unpaired) electrons. The molecule has 0 saturated carbocycles. The van der Waals surface area contributed by atoms with Gasteiger partial charge in [0.15, 0.2) is 5.96 Å². The molecule has 6 nitrogen and oxygen atoms in total. The highest BCUT2D eigenvalue weighted by atomic mass is 32.1. The molecule has 0 bridgehead atoms. The lowest BCUT2D eigenvalue weighted by Crippen LogP contribution is -2.38. The predicted molar refractivity (Wildman–Crippen MR) is 106 cm³/mol. The van der Waals surface area contributed by atoms with Crippen LogP contribution in [0.15, 0.2) is 53.4 Å². The van der Waals surface area contributed by atoms with Gasteiger partial charge in [-0.05, 0) is 18.1 Å². The molecule has 0 saturated heterocycles. The van der Waals surface area contributed by atoms with Gasteiger partial charge in [-0.15, -0.1) is 11.3 Å². The third-order valence-corrected chi connectivity index (χ3v) is 4.83. The maximum atomic E-state index is 4.52. The smallest absolute Gasteiger partial charge is 0.194 e. The van der Waals surface area contributed by atoms with Crippen molar-refractivity contribution >= 4 is 17.3 Å². The van der Waals surface area contributed by atoms with Gasteiger partial charge in [-0.2, -0.15) is 0 Å². The molecule has 7 heteroatoms. The summed E-state index contributed by atoms with van der Waals surface area (Å²) in [6, 6.07) is 8.56. The summed E-state index contributed by atoms with van der Waals surface area (Å²) in [5.41, 5.74) is 3.55. The Bertz CT molecular complexity index is 853. The van der Waals surface area contributed by atoms with E-state index in [0.717, 1.165) is 36.3 Å². The Balaban J connectivity index is 1.58. The van der Waals surface area contributed by atoms with Gasteiger partial charge < -0.3 is 14.8 Å². The molecular weight excluding hydrogens is 344 g/mol. The standard InChI is InChI=1S/C19H24N6S/c1-15-23-18(13-26-15)12-24(3)19(20-2)22-10-16-5-4-6-17(9-16)11-25-8-7-21-14-25/h4-9,13-14H,10-12H2,1-3H3,(H,20,22). The Kier molecular flexibility index (Phi) is 6.01. The molecule has 0 spiro atoms. The molecular formula is C19H24N6S. The second-order valence-corrected chi connectivity index (χ2v) is 7.23. The van der Waals surface area contributed by atoms with E-state index in [1.807, 2.05) is 26.5 Å². The van der Waals surface area contributed by atoms with Gasteiger partial charge in [-0.25, -0.2) is 9.97 Å². The Morgan fingerprint density at radius 1 is 1.35 bits per heavy atom. The van der Waals surface area contributed by atoms with Crippen LogP contribution < -0.4 is 5.32 Å². The van der Waals surface area contributed by atoms with E-state index in [2.05, 4.69) is 59.4 Å². The number of nitrogens with zero attached hydrogens (tertiary/aromatic N) is 5. The molecule has 26 heavy (non-hydrogen) atoms. The van der Waals surface area contributed by atoms with Crippen molar-refractivity contribution in [1.82, 2.24) is 24.8 Å². The second-order valence-electron chi connectivity index (χ2n) is 6.17. The second kappa shape index (κ2) is 8.62. The van der Waals surface area contributed by atoms with E-state index >= 15 is 0 Å². The first kappa shape index (κ1) is 18.1. The minimum atomic E-state index is 0.727. The van der Waals surface area contributed by atoms with Crippen LogP contribution in [0.4, 0.5) is 0 Å². The Morgan fingerprint density at radius 3 is 2.88 bits per heavy atom. The Hall–Kier alpha value is -2.67. The highest BCUT2D eigenvalue weighted by molar-refractivity contribution is 7.09. The maximum Gasteiger partial charge on any atom is 0.194 e. The van der Waals surface area contributed by atoms with Crippen LogP contribution in [0.2, 0.25) is 0 Å². The van der Waals surface area contributed by atoms with Gasteiger partial charge in [0.1, 0.15) is 0 Å². The van der Waals surface area contributed by atoms with Crippen molar-refractivity contribution < 1.29 is 0 Å². The van der Waals surface area contributed by atoms with E-state index in [0.29, 0.717) is 0 Å². The summed E-state index contributed by atoms with van der Waals surface area (Å²) in [6.07, 6.45) is 5.61. The van der Waals surface area contributed by atoms with E-state index in [9.17, 15) is 0 Å². The summed E-state index contributed by atoms with van der Waals surface area (Å²) in [5.74, 6) is 0.857. The summed E-state index contributed by atoms with van der Waals surface area (Å²) < 4.78 is 2.06. The molecule has 2 aromatic heterocycles. The first-order valence-electron chi connectivity index (χ1n) is 8.50. The molecule has 0 aliphatic heterocycles. The van der Waals surface area contributed by atoms with Gasteiger partial charge in [0.25, 0.3) is 0 Å². The molecule has 0 aliphatic carbocycles. The molecule has 3 rings (SSSR count). The van der Waals surface area contributed by atoms with Crippen LogP contribution in [0.5, 0.6) is 0 Å². The monoisotopic (exact) mass is 368 g/mol. The fourth-order valence-corrected chi connectivity index (χ4v) is 3.40. The number of hydrogen-bond acceptors (Lipinski definition) is 4. The summed E-state index contributed by atoms with van der Waals surface area (Å²) in [7, 11) is 3.83. The van der Waals surface area contributed by atoms with Crippen molar-refractivity contribution in [1.29, 1.82) is 0 Å². The van der Waals surface area contributed by atoms with Crippen LogP contribution in [-0.4, -0.2) is 39.5 Å². The number of aliphatic imine (C=N–C) groups is 1. The van der Waals surface area contributed by atoms with E-state index in [4.69, 9.17) is 0 Å². The van der Waals surface area contributed by atoms with Gasteiger partial charge in [0.2, 0.25) is 0 Å². The molecule has 0 fully saturated rings. The number of aromatic nitrogens is 3. The Morgan fingerprint density at radius 2 is 2.19 bits per heavy atom. The van der Waals surface area contributed by atoms with E-state index < -0.39 is 0 Å². The molecule has 3 aromatic rings. The van der Waals surface area contributed by atoms with Gasteiger partial charge in [0, 0.05) is 45.0 Å². The average molecular weight is 369 g/mol. The summed E-state index contributed by atoms with van der Waals surface area (Å²) >= 11 is 1.67. The molecule has 136 valence electrons. The highest BCUT2D eigenvalue weighted by Crippen LogP contribution is 2.10. The lowest BCUT2D eigenvalue weighted by atomic mass is 10.1. The van der Waals surface area contributed by atoms with Crippen LogP contribution in [0, 0.1) is 6.92 Å². The average Bonchev–Trinajstić information content (AvgIpc) is 3.27. The van der Waals surface area contributed by atoms with Crippen LogP contribution in [-0.2, 0) is 19.6 Å². The number of benzene rings is 1. The molecule has 2 heterocycles. The number of hydrogen-bond donors (Lipinski definition) is 1. The number of guanidine groups is 1. The fourth-order valence-electron chi connectivity index (χ4n) is 2.79. The number of imidazole rings is 1. The number of nitrogens with one attached hydrogen (secondary N) is 1. The van der Waals surface area contributed by atoms with Crippen LogP contribution in [0.3, 0.4) is 0 Å². The van der Waals surface area contributed by atoms with Crippen LogP contribution in [0.1, 0.15) is 21.8 Å². The van der Waals surface area contributed by atoms with E-state index in [1.165, 1.54) is 11.1 Å². The molecule has 0 unspecified atom stereocenters. The van der Waals surface area contributed by atoms with E-state index in [-0.39, 0.29) is 0 Å². The molecule has 0 atom stereocenters. The first-order valence-corrected chi connectivity index (χ1v) is 9.38. The maximum absolute atomic E-state index is 4.52. The van der Waals surface area contributed by atoms with Crippen molar-refractivity contribution in [2.45, 2.75) is 26.6 Å². The minimum absolute atomic E-state index is 0.727. The summed E-state index contributed by atoms with van der Waals surface area (Å²) in [4.78, 5) is 15.1.